The summed E-state index contributed by atoms with van der Waals surface area (Å²) in [5.74, 6) is -0.870. The maximum absolute atomic E-state index is 12.5. The topological polar surface area (TPSA) is 61.8 Å². The van der Waals surface area contributed by atoms with E-state index in [2.05, 4.69) is 4.74 Å². The van der Waals surface area contributed by atoms with Crippen molar-refractivity contribution < 1.29 is 32.6 Å². The van der Waals surface area contributed by atoms with Gasteiger partial charge in [-0.05, 0) is 31.2 Å². The van der Waals surface area contributed by atoms with Gasteiger partial charge in [0.05, 0.1) is 5.56 Å². The lowest BCUT2D eigenvalue weighted by Crippen LogP contribution is -2.17. The SMILES string of the molecule is CC(Cl)C(=O)Oc1ccc2c(c1)O/C(=C\c1ccccc1OC(F)F)C2=O. The average Bonchev–Trinajstić information content (AvgIpc) is 2.91. The number of ketones is 1. The van der Waals surface area contributed by atoms with Gasteiger partial charge in [0, 0.05) is 11.6 Å². The van der Waals surface area contributed by atoms with Crippen molar-refractivity contribution in [2.75, 3.05) is 0 Å². The molecular weight excluding hydrogens is 382 g/mol. The Balaban J connectivity index is 1.87. The van der Waals surface area contributed by atoms with Crippen LogP contribution in [-0.4, -0.2) is 23.7 Å². The number of hydrogen-bond donors (Lipinski definition) is 0. The highest BCUT2D eigenvalue weighted by molar-refractivity contribution is 6.29. The second-order valence-electron chi connectivity index (χ2n) is 5.55. The predicted molar refractivity (Wildman–Crippen MR) is 93.4 cm³/mol. The van der Waals surface area contributed by atoms with Gasteiger partial charge in [0.25, 0.3) is 0 Å². The zero-order valence-electron chi connectivity index (χ0n) is 13.9. The molecule has 0 spiro atoms. The van der Waals surface area contributed by atoms with E-state index >= 15 is 0 Å². The van der Waals surface area contributed by atoms with Crippen LogP contribution in [0.5, 0.6) is 17.2 Å². The number of rotatable bonds is 5. The van der Waals surface area contributed by atoms with Crippen molar-refractivity contribution in [3.8, 4) is 17.2 Å². The first kappa shape index (κ1) is 18.8. The van der Waals surface area contributed by atoms with Gasteiger partial charge >= 0.3 is 12.6 Å². The lowest BCUT2D eigenvalue weighted by atomic mass is 10.1. The van der Waals surface area contributed by atoms with E-state index in [9.17, 15) is 18.4 Å². The van der Waals surface area contributed by atoms with Crippen LogP contribution in [0, 0.1) is 0 Å². The van der Waals surface area contributed by atoms with Gasteiger partial charge in [-0.1, -0.05) is 18.2 Å². The van der Waals surface area contributed by atoms with Crippen molar-refractivity contribution in [1.82, 2.24) is 0 Å². The molecule has 1 unspecified atom stereocenters. The lowest BCUT2D eigenvalue weighted by Gasteiger charge is -2.08. The Hall–Kier alpha value is -2.93. The van der Waals surface area contributed by atoms with Crippen LogP contribution >= 0.6 is 11.6 Å². The molecule has 0 bridgehead atoms. The molecule has 0 amide bonds. The molecule has 1 atom stereocenters. The summed E-state index contributed by atoms with van der Waals surface area (Å²) in [5.41, 5.74) is 0.517. The molecule has 1 aliphatic rings. The highest BCUT2D eigenvalue weighted by Gasteiger charge is 2.28. The first-order chi connectivity index (χ1) is 12.8. The number of alkyl halides is 3. The second-order valence-corrected chi connectivity index (χ2v) is 6.21. The molecule has 0 radical (unpaired) electrons. The van der Waals surface area contributed by atoms with Gasteiger partial charge in [0.15, 0.2) is 5.76 Å². The van der Waals surface area contributed by atoms with Crippen molar-refractivity contribution in [3.63, 3.8) is 0 Å². The van der Waals surface area contributed by atoms with E-state index in [1.54, 1.807) is 6.07 Å². The fraction of sp³-hybridized carbons (Fsp3) is 0.158. The quantitative estimate of drug-likeness (QED) is 0.325. The van der Waals surface area contributed by atoms with Gasteiger partial charge in [0.2, 0.25) is 5.78 Å². The highest BCUT2D eigenvalue weighted by atomic mass is 35.5. The van der Waals surface area contributed by atoms with Gasteiger partial charge in [-0.15, -0.1) is 11.6 Å². The molecular formula is C19H13ClF2O5. The van der Waals surface area contributed by atoms with E-state index in [4.69, 9.17) is 21.1 Å². The van der Waals surface area contributed by atoms with Crippen LogP contribution in [0.1, 0.15) is 22.8 Å². The number of para-hydroxylation sites is 1. The Morgan fingerprint density at radius 3 is 2.67 bits per heavy atom. The Morgan fingerprint density at radius 1 is 1.22 bits per heavy atom. The van der Waals surface area contributed by atoms with Crippen LogP contribution < -0.4 is 14.2 Å². The summed E-state index contributed by atoms with van der Waals surface area (Å²) in [6.07, 6.45) is 1.31. The normalized spacial score (nSPS) is 15.4. The summed E-state index contributed by atoms with van der Waals surface area (Å²) in [6, 6.07) is 10.3. The Labute approximate surface area is 158 Å². The summed E-state index contributed by atoms with van der Waals surface area (Å²) in [5, 5.41) is -0.831. The van der Waals surface area contributed by atoms with Gasteiger partial charge in [-0.3, -0.25) is 9.59 Å². The minimum atomic E-state index is -3.00. The van der Waals surface area contributed by atoms with E-state index in [0.29, 0.717) is 0 Å². The molecule has 1 heterocycles. The Bertz CT molecular complexity index is 924. The van der Waals surface area contributed by atoms with Crippen molar-refractivity contribution in [2.24, 2.45) is 0 Å². The second kappa shape index (κ2) is 7.75. The van der Waals surface area contributed by atoms with E-state index in [0.717, 1.165) is 0 Å². The molecule has 0 saturated heterocycles. The van der Waals surface area contributed by atoms with Crippen LogP contribution in [0.3, 0.4) is 0 Å². The number of fused-ring (bicyclic) bond motifs is 1. The molecule has 0 N–H and O–H groups in total. The minimum Gasteiger partial charge on any atom is -0.452 e. The molecule has 140 valence electrons. The fourth-order valence-corrected chi connectivity index (χ4v) is 2.42. The lowest BCUT2D eigenvalue weighted by molar-refractivity contribution is -0.133. The smallest absolute Gasteiger partial charge is 0.387 e. The molecule has 2 aromatic carbocycles. The predicted octanol–water partition coefficient (Wildman–Crippen LogP) is 4.44. The number of halogens is 3. The van der Waals surface area contributed by atoms with Crippen molar-refractivity contribution in [1.29, 1.82) is 0 Å². The van der Waals surface area contributed by atoms with Crippen LogP contribution in [0.15, 0.2) is 48.2 Å². The number of Topliss-reactive ketones (excluding diaryl/α,β-unsaturated/α-hetero) is 1. The number of benzene rings is 2. The molecule has 0 aromatic heterocycles. The minimum absolute atomic E-state index is 0.0653. The van der Waals surface area contributed by atoms with Gasteiger partial charge < -0.3 is 14.2 Å². The highest BCUT2D eigenvalue weighted by Crippen LogP contribution is 2.36. The molecule has 8 heteroatoms. The van der Waals surface area contributed by atoms with Gasteiger partial charge in [0.1, 0.15) is 22.6 Å². The maximum atomic E-state index is 12.5. The largest absolute Gasteiger partial charge is 0.452 e. The molecule has 5 nitrogen and oxygen atoms in total. The summed E-state index contributed by atoms with van der Waals surface area (Å²) >= 11 is 5.65. The van der Waals surface area contributed by atoms with E-state index in [1.807, 2.05) is 0 Å². The third-order valence-electron chi connectivity index (χ3n) is 3.61. The number of carbonyl (C=O) groups excluding carboxylic acids is 2. The van der Waals surface area contributed by atoms with Crippen molar-refractivity contribution >= 4 is 29.4 Å². The zero-order chi connectivity index (χ0) is 19.6. The number of ether oxygens (including phenoxy) is 3. The van der Waals surface area contributed by atoms with Crippen LogP contribution in [0.4, 0.5) is 8.78 Å². The summed E-state index contributed by atoms with van der Waals surface area (Å²) in [6.45, 7) is -1.53. The zero-order valence-corrected chi connectivity index (χ0v) is 14.7. The number of carbonyl (C=O) groups is 2. The maximum Gasteiger partial charge on any atom is 0.387 e. The first-order valence-electron chi connectivity index (χ1n) is 7.83. The third-order valence-corrected chi connectivity index (χ3v) is 3.78. The molecule has 0 fully saturated rings. The van der Waals surface area contributed by atoms with Gasteiger partial charge in [-0.2, -0.15) is 8.78 Å². The van der Waals surface area contributed by atoms with Gasteiger partial charge in [-0.25, -0.2) is 0 Å². The van der Waals surface area contributed by atoms with Crippen LogP contribution in [0.25, 0.3) is 6.08 Å². The van der Waals surface area contributed by atoms with E-state index in [1.165, 1.54) is 49.4 Å². The van der Waals surface area contributed by atoms with Crippen molar-refractivity contribution in [2.45, 2.75) is 18.9 Å². The molecule has 2 aromatic rings. The number of allylic oxidation sites excluding steroid dienone is 1. The Morgan fingerprint density at radius 2 is 1.96 bits per heavy atom. The number of esters is 1. The fourth-order valence-electron chi connectivity index (χ4n) is 2.37. The van der Waals surface area contributed by atoms with Crippen LogP contribution in [-0.2, 0) is 4.79 Å². The third kappa shape index (κ3) is 4.25. The Kier molecular flexibility index (Phi) is 5.41. The summed E-state index contributed by atoms with van der Waals surface area (Å²) in [7, 11) is 0. The van der Waals surface area contributed by atoms with Crippen molar-refractivity contribution in [3.05, 3.63) is 59.4 Å². The van der Waals surface area contributed by atoms with E-state index in [-0.39, 0.29) is 34.1 Å². The monoisotopic (exact) mass is 394 g/mol. The number of hydrogen-bond acceptors (Lipinski definition) is 5. The first-order valence-corrected chi connectivity index (χ1v) is 8.26. The average molecular weight is 395 g/mol. The molecule has 1 aliphatic heterocycles. The molecule has 27 heavy (non-hydrogen) atoms. The summed E-state index contributed by atoms with van der Waals surface area (Å²) in [4.78, 5) is 24.0. The molecule has 0 saturated carbocycles. The molecule has 3 rings (SSSR count). The summed E-state index contributed by atoms with van der Waals surface area (Å²) < 4.78 is 40.1. The standard InChI is InChI=1S/C19H13ClF2O5/c1-10(20)18(24)25-12-6-7-13-15(9-12)26-16(17(13)23)8-11-4-2-3-5-14(11)27-19(21)22/h2-10,19H,1H3/b16-8-. The van der Waals surface area contributed by atoms with Crippen LogP contribution in [0.2, 0.25) is 0 Å². The molecule has 0 aliphatic carbocycles. The van der Waals surface area contributed by atoms with E-state index < -0.39 is 23.7 Å².